The highest BCUT2D eigenvalue weighted by atomic mass is 16.5. The van der Waals surface area contributed by atoms with E-state index in [1.807, 2.05) is 31.2 Å². The van der Waals surface area contributed by atoms with Crippen LogP contribution in [0.4, 0.5) is 4.79 Å². The van der Waals surface area contributed by atoms with Gasteiger partial charge in [-0.1, -0.05) is 61.9 Å². The number of nitrogens with one attached hydrogen (secondary N) is 1. The minimum Gasteiger partial charge on any atom is -0.479 e. The molecule has 2 N–H and O–H groups in total. The number of amides is 2. The molecular weight excluding hydrogens is 432 g/mol. The zero-order chi connectivity index (χ0) is 23.9. The molecule has 5 rings (SSSR count). The molecule has 2 aliphatic carbocycles. The van der Waals surface area contributed by atoms with E-state index in [2.05, 4.69) is 29.6 Å². The fourth-order valence-electron chi connectivity index (χ4n) is 5.88. The molecule has 3 aliphatic rings. The highest BCUT2D eigenvalue weighted by Crippen LogP contribution is 2.54. The summed E-state index contributed by atoms with van der Waals surface area (Å²) in [5, 5.41) is 12.5. The molecule has 1 aliphatic heterocycles. The molecule has 1 saturated carbocycles. The third-order valence-electron chi connectivity index (χ3n) is 7.64. The second kappa shape index (κ2) is 8.78. The van der Waals surface area contributed by atoms with Crippen molar-refractivity contribution in [3.8, 4) is 11.1 Å². The van der Waals surface area contributed by atoms with Crippen molar-refractivity contribution >= 4 is 18.0 Å². The molecule has 34 heavy (non-hydrogen) atoms. The van der Waals surface area contributed by atoms with Gasteiger partial charge in [0.1, 0.15) is 18.2 Å². The van der Waals surface area contributed by atoms with Gasteiger partial charge in [-0.25, -0.2) is 9.59 Å². The van der Waals surface area contributed by atoms with Crippen molar-refractivity contribution in [2.45, 2.75) is 56.5 Å². The van der Waals surface area contributed by atoms with Crippen molar-refractivity contribution in [2.75, 3.05) is 13.2 Å². The number of hydrogen-bond acceptors (Lipinski definition) is 4. The van der Waals surface area contributed by atoms with Crippen molar-refractivity contribution in [1.82, 2.24) is 10.2 Å². The van der Waals surface area contributed by atoms with Gasteiger partial charge in [-0.3, -0.25) is 4.79 Å². The maximum Gasteiger partial charge on any atom is 0.407 e. The fraction of sp³-hybridized carbons (Fsp3) is 0.444. The monoisotopic (exact) mass is 462 g/mol. The first kappa shape index (κ1) is 22.4. The van der Waals surface area contributed by atoms with E-state index >= 15 is 0 Å². The Morgan fingerprint density at radius 2 is 1.76 bits per heavy atom. The number of ether oxygens (including phenoxy) is 1. The lowest BCUT2D eigenvalue weighted by Gasteiger charge is -2.36. The fourth-order valence-corrected chi connectivity index (χ4v) is 5.88. The third kappa shape index (κ3) is 3.63. The van der Waals surface area contributed by atoms with Gasteiger partial charge in [0.2, 0.25) is 5.91 Å². The number of fused-ring (bicyclic) bond motifs is 4. The van der Waals surface area contributed by atoms with Gasteiger partial charge < -0.3 is 20.1 Å². The van der Waals surface area contributed by atoms with Gasteiger partial charge in [0.05, 0.1) is 0 Å². The first-order valence-electron chi connectivity index (χ1n) is 12.1. The highest BCUT2D eigenvalue weighted by Gasteiger charge is 2.67. The molecule has 2 fully saturated rings. The van der Waals surface area contributed by atoms with Crippen LogP contribution in [-0.2, 0) is 14.3 Å². The Kier molecular flexibility index (Phi) is 5.80. The Hall–Kier alpha value is -3.35. The van der Waals surface area contributed by atoms with E-state index in [4.69, 9.17) is 4.74 Å². The van der Waals surface area contributed by atoms with E-state index in [0.29, 0.717) is 25.8 Å². The quantitative estimate of drug-likeness (QED) is 0.644. The Morgan fingerprint density at radius 3 is 2.38 bits per heavy atom. The molecule has 0 bridgehead atoms. The van der Waals surface area contributed by atoms with Crippen molar-refractivity contribution in [3.63, 3.8) is 0 Å². The Labute approximate surface area is 199 Å². The lowest BCUT2D eigenvalue weighted by Crippen LogP contribution is -2.57. The summed E-state index contributed by atoms with van der Waals surface area (Å²) >= 11 is 0. The first-order chi connectivity index (χ1) is 16.5. The normalized spacial score (nSPS) is 23.3. The number of benzene rings is 2. The molecule has 7 nitrogen and oxygen atoms in total. The molecule has 2 amide bonds. The summed E-state index contributed by atoms with van der Waals surface area (Å²) in [4.78, 5) is 39.6. The van der Waals surface area contributed by atoms with Crippen LogP contribution in [0.5, 0.6) is 0 Å². The SMILES string of the molecule is CCC[C@H](NC(=O)OCC1c2ccccc2-c2ccccc21)C(=O)N1CCC[C@H]2C[C@]21C(=O)O. The average molecular weight is 463 g/mol. The van der Waals surface area contributed by atoms with Gasteiger partial charge >= 0.3 is 12.1 Å². The van der Waals surface area contributed by atoms with Crippen molar-refractivity contribution in [3.05, 3.63) is 59.7 Å². The van der Waals surface area contributed by atoms with E-state index in [1.165, 1.54) is 4.90 Å². The Balaban J connectivity index is 1.27. The highest BCUT2D eigenvalue weighted by molar-refractivity contribution is 5.94. The summed E-state index contributed by atoms with van der Waals surface area (Å²) in [6, 6.07) is 15.4. The van der Waals surface area contributed by atoms with Crippen LogP contribution in [0.2, 0.25) is 0 Å². The molecule has 0 aromatic heterocycles. The van der Waals surface area contributed by atoms with Gasteiger partial charge in [0, 0.05) is 12.5 Å². The number of alkyl carbamates (subject to hydrolysis) is 1. The standard InChI is InChI=1S/C27H30N2O5/c1-2-8-23(24(30)29-14-7-9-17-15-27(17,29)25(31)32)28-26(33)34-16-22-20-12-5-3-10-18(20)19-11-4-6-13-21(19)22/h3-6,10-13,17,22-23H,2,7-9,14-16H2,1H3,(H,28,33)(H,31,32)/t17-,23-,27+/m0/s1. The number of hydrogen-bond donors (Lipinski definition) is 2. The maximum atomic E-state index is 13.4. The van der Waals surface area contributed by atoms with Gasteiger partial charge in [-0.05, 0) is 53.9 Å². The second-order valence-corrected chi connectivity index (χ2v) is 9.57. The number of aliphatic carboxylic acids is 1. The molecule has 178 valence electrons. The van der Waals surface area contributed by atoms with Crippen LogP contribution in [0.1, 0.15) is 56.1 Å². The van der Waals surface area contributed by atoms with Gasteiger partial charge in [-0.2, -0.15) is 0 Å². The van der Waals surface area contributed by atoms with Crippen LogP contribution in [-0.4, -0.2) is 52.7 Å². The first-order valence-corrected chi connectivity index (χ1v) is 12.1. The average Bonchev–Trinajstić information content (AvgIpc) is 3.53. The Bertz CT molecular complexity index is 1090. The van der Waals surface area contributed by atoms with E-state index < -0.39 is 23.6 Å². The minimum atomic E-state index is -1.09. The number of carboxylic acid groups (broad SMARTS) is 1. The van der Waals surface area contributed by atoms with Crippen molar-refractivity contribution in [2.24, 2.45) is 5.92 Å². The van der Waals surface area contributed by atoms with Gasteiger partial charge in [0.15, 0.2) is 0 Å². The smallest absolute Gasteiger partial charge is 0.407 e. The molecule has 2 aromatic carbocycles. The third-order valence-corrected chi connectivity index (χ3v) is 7.64. The summed E-state index contributed by atoms with van der Waals surface area (Å²) in [5.74, 6) is -1.32. The van der Waals surface area contributed by atoms with Gasteiger partial charge in [-0.15, -0.1) is 0 Å². The van der Waals surface area contributed by atoms with E-state index in [0.717, 1.165) is 35.1 Å². The number of likely N-dealkylation sites (tertiary alicyclic amines) is 1. The molecule has 0 spiro atoms. The van der Waals surface area contributed by atoms with Crippen molar-refractivity contribution < 1.29 is 24.2 Å². The molecule has 7 heteroatoms. The number of carbonyl (C=O) groups is 3. The largest absolute Gasteiger partial charge is 0.479 e. The number of nitrogens with zero attached hydrogens (tertiary/aromatic N) is 1. The molecule has 3 atom stereocenters. The molecule has 2 aromatic rings. The molecule has 0 radical (unpaired) electrons. The molecule has 1 saturated heterocycles. The second-order valence-electron chi connectivity index (χ2n) is 9.57. The van der Waals surface area contributed by atoms with Crippen LogP contribution in [0.25, 0.3) is 11.1 Å². The van der Waals surface area contributed by atoms with Crippen LogP contribution in [0.15, 0.2) is 48.5 Å². The van der Waals surface area contributed by atoms with Crippen molar-refractivity contribution in [1.29, 1.82) is 0 Å². The maximum absolute atomic E-state index is 13.4. The van der Waals surface area contributed by atoms with Crippen LogP contribution < -0.4 is 5.32 Å². The summed E-state index contributed by atoms with van der Waals surface area (Å²) in [5.41, 5.74) is 3.44. The van der Waals surface area contributed by atoms with E-state index in [9.17, 15) is 19.5 Å². The molecular formula is C27H30N2O5. The summed E-state index contributed by atoms with van der Waals surface area (Å²) in [7, 11) is 0. The zero-order valence-electron chi connectivity index (χ0n) is 19.3. The number of carbonyl (C=O) groups excluding carboxylic acids is 2. The number of piperidine rings is 1. The van der Waals surface area contributed by atoms with E-state index in [-0.39, 0.29) is 24.3 Å². The summed E-state index contributed by atoms with van der Waals surface area (Å²) in [6.45, 7) is 2.51. The zero-order valence-corrected chi connectivity index (χ0v) is 19.3. The predicted octanol–water partition coefficient (Wildman–Crippen LogP) is 4.16. The minimum absolute atomic E-state index is 0.0134. The number of carboxylic acids is 1. The van der Waals surface area contributed by atoms with Crippen LogP contribution in [0, 0.1) is 5.92 Å². The Morgan fingerprint density at radius 1 is 1.12 bits per heavy atom. The summed E-state index contributed by atoms with van der Waals surface area (Å²) < 4.78 is 5.63. The van der Waals surface area contributed by atoms with Gasteiger partial charge in [0.25, 0.3) is 0 Å². The molecule has 1 heterocycles. The lowest BCUT2D eigenvalue weighted by molar-refractivity contribution is -0.155. The molecule has 0 unspecified atom stereocenters. The van der Waals surface area contributed by atoms with E-state index in [1.54, 1.807) is 0 Å². The topological polar surface area (TPSA) is 95.9 Å². The predicted molar refractivity (Wildman–Crippen MR) is 126 cm³/mol. The number of rotatable bonds is 7. The summed E-state index contributed by atoms with van der Waals surface area (Å²) in [6.07, 6.45) is 2.57. The van der Waals surface area contributed by atoms with Crippen LogP contribution in [0.3, 0.4) is 0 Å². The van der Waals surface area contributed by atoms with Crippen LogP contribution >= 0.6 is 0 Å². The lowest BCUT2D eigenvalue weighted by atomic mass is 9.98.